The van der Waals surface area contributed by atoms with Gasteiger partial charge in [0.1, 0.15) is 17.6 Å². The number of ether oxygens (including phenoxy) is 1. The summed E-state index contributed by atoms with van der Waals surface area (Å²) in [5.41, 5.74) is 3.34. The quantitative estimate of drug-likeness (QED) is 0.936. The van der Waals surface area contributed by atoms with E-state index in [1.807, 2.05) is 12.1 Å². The van der Waals surface area contributed by atoms with E-state index >= 15 is 0 Å². The lowest BCUT2D eigenvalue weighted by Gasteiger charge is -2.08. The lowest BCUT2D eigenvalue weighted by atomic mass is 10.1. The smallest absolute Gasteiger partial charge is 0.141 e. The minimum Gasteiger partial charge on any atom is -0.493 e. The van der Waals surface area contributed by atoms with Gasteiger partial charge in [0, 0.05) is 18.7 Å². The van der Waals surface area contributed by atoms with Crippen LogP contribution in [0.2, 0.25) is 0 Å². The van der Waals surface area contributed by atoms with Gasteiger partial charge in [-0.2, -0.15) is 5.26 Å². The van der Waals surface area contributed by atoms with Gasteiger partial charge in [0.05, 0.1) is 12.2 Å². The first kappa shape index (κ1) is 13.4. The fraction of sp³-hybridized carbons (Fsp3) is 0.235. The number of benzene rings is 2. The SMILES string of the molecule is N#Cc1cc(NCCc2ccc3c(c2)CCO3)ccc1F. The molecule has 4 heteroatoms. The highest BCUT2D eigenvalue weighted by molar-refractivity contribution is 5.50. The summed E-state index contributed by atoms with van der Waals surface area (Å²) in [6.45, 7) is 1.50. The normalized spacial score (nSPS) is 12.4. The van der Waals surface area contributed by atoms with Gasteiger partial charge >= 0.3 is 0 Å². The molecule has 1 aliphatic rings. The highest BCUT2D eigenvalue weighted by Gasteiger charge is 2.11. The van der Waals surface area contributed by atoms with Crippen LogP contribution in [0, 0.1) is 17.1 Å². The molecular formula is C17H15FN2O. The van der Waals surface area contributed by atoms with Gasteiger partial charge in [-0.15, -0.1) is 0 Å². The molecule has 21 heavy (non-hydrogen) atoms. The molecule has 3 rings (SSSR count). The zero-order chi connectivity index (χ0) is 14.7. The predicted octanol–water partition coefficient (Wildman–Crippen LogP) is 3.29. The van der Waals surface area contributed by atoms with Gasteiger partial charge < -0.3 is 10.1 Å². The number of hydrogen-bond acceptors (Lipinski definition) is 3. The van der Waals surface area contributed by atoms with E-state index in [1.54, 1.807) is 6.07 Å². The number of anilines is 1. The summed E-state index contributed by atoms with van der Waals surface area (Å²) in [6, 6.07) is 12.6. The molecule has 0 saturated heterocycles. The Bertz CT molecular complexity index is 706. The summed E-state index contributed by atoms with van der Waals surface area (Å²) in [7, 11) is 0. The molecule has 0 spiro atoms. The summed E-state index contributed by atoms with van der Waals surface area (Å²) in [5, 5.41) is 12.0. The summed E-state index contributed by atoms with van der Waals surface area (Å²) < 4.78 is 18.7. The summed E-state index contributed by atoms with van der Waals surface area (Å²) in [4.78, 5) is 0. The number of hydrogen-bond donors (Lipinski definition) is 1. The highest BCUT2D eigenvalue weighted by atomic mass is 19.1. The van der Waals surface area contributed by atoms with Crippen molar-refractivity contribution in [3.63, 3.8) is 0 Å². The number of nitriles is 1. The van der Waals surface area contributed by atoms with Crippen LogP contribution in [-0.4, -0.2) is 13.2 Å². The number of nitrogens with one attached hydrogen (secondary N) is 1. The average Bonchev–Trinajstić information content (AvgIpc) is 2.96. The Morgan fingerprint density at radius 2 is 2.14 bits per heavy atom. The maximum atomic E-state index is 13.2. The average molecular weight is 282 g/mol. The molecule has 0 radical (unpaired) electrons. The molecule has 0 amide bonds. The Kier molecular flexibility index (Phi) is 3.74. The molecule has 1 aliphatic heterocycles. The maximum Gasteiger partial charge on any atom is 0.141 e. The second kappa shape index (κ2) is 5.84. The summed E-state index contributed by atoms with van der Waals surface area (Å²) in [5.74, 6) is 0.505. The van der Waals surface area contributed by atoms with Crippen LogP contribution in [0.1, 0.15) is 16.7 Å². The minimum absolute atomic E-state index is 0.0645. The van der Waals surface area contributed by atoms with Crippen LogP contribution < -0.4 is 10.1 Å². The third-order valence-corrected chi connectivity index (χ3v) is 3.58. The van der Waals surface area contributed by atoms with Crippen LogP contribution in [-0.2, 0) is 12.8 Å². The van der Waals surface area contributed by atoms with E-state index in [9.17, 15) is 4.39 Å². The fourth-order valence-corrected chi connectivity index (χ4v) is 2.47. The molecule has 0 atom stereocenters. The van der Waals surface area contributed by atoms with Crippen molar-refractivity contribution in [1.29, 1.82) is 5.26 Å². The fourth-order valence-electron chi connectivity index (χ4n) is 2.47. The van der Waals surface area contributed by atoms with Gasteiger partial charge in [0.15, 0.2) is 0 Å². The zero-order valence-corrected chi connectivity index (χ0v) is 11.5. The van der Waals surface area contributed by atoms with Crippen LogP contribution in [0.3, 0.4) is 0 Å². The minimum atomic E-state index is -0.485. The molecule has 0 unspecified atom stereocenters. The predicted molar refractivity (Wildman–Crippen MR) is 78.9 cm³/mol. The topological polar surface area (TPSA) is 45.0 Å². The van der Waals surface area contributed by atoms with Gasteiger partial charge in [0.2, 0.25) is 0 Å². The molecule has 0 aromatic heterocycles. The van der Waals surface area contributed by atoms with Gasteiger partial charge in [-0.05, 0) is 41.8 Å². The first-order chi connectivity index (χ1) is 10.3. The van der Waals surface area contributed by atoms with Crippen LogP contribution in [0.15, 0.2) is 36.4 Å². The number of rotatable bonds is 4. The molecule has 0 fully saturated rings. The monoisotopic (exact) mass is 282 g/mol. The zero-order valence-electron chi connectivity index (χ0n) is 11.5. The van der Waals surface area contributed by atoms with E-state index in [2.05, 4.69) is 17.4 Å². The van der Waals surface area contributed by atoms with Crippen molar-refractivity contribution in [3.05, 3.63) is 58.9 Å². The van der Waals surface area contributed by atoms with Crippen LogP contribution >= 0.6 is 0 Å². The first-order valence-corrected chi connectivity index (χ1v) is 6.94. The maximum absolute atomic E-state index is 13.2. The Morgan fingerprint density at radius 3 is 3.00 bits per heavy atom. The third kappa shape index (κ3) is 2.97. The molecule has 2 aromatic carbocycles. The Labute approximate surface area is 123 Å². The Morgan fingerprint density at radius 1 is 1.24 bits per heavy atom. The molecule has 0 bridgehead atoms. The Hall–Kier alpha value is -2.54. The molecule has 106 valence electrons. The summed E-state index contributed by atoms with van der Waals surface area (Å²) in [6.07, 6.45) is 1.84. The number of nitrogens with zero attached hydrogens (tertiary/aromatic N) is 1. The molecule has 0 aliphatic carbocycles. The standard InChI is InChI=1S/C17H15FN2O/c18-16-3-2-15(10-14(16)11-19)20-7-5-12-1-4-17-13(9-12)6-8-21-17/h1-4,9-10,20H,5-8H2. The molecular weight excluding hydrogens is 267 g/mol. The van der Waals surface area contributed by atoms with E-state index in [4.69, 9.17) is 10.00 Å². The molecule has 1 heterocycles. The van der Waals surface area contributed by atoms with Crippen LogP contribution in [0.4, 0.5) is 10.1 Å². The van der Waals surface area contributed by atoms with Gasteiger partial charge in [-0.25, -0.2) is 4.39 Å². The van der Waals surface area contributed by atoms with Crippen molar-refractivity contribution < 1.29 is 9.13 Å². The van der Waals surface area contributed by atoms with Crippen molar-refractivity contribution >= 4 is 5.69 Å². The van der Waals surface area contributed by atoms with Crippen molar-refractivity contribution in [1.82, 2.24) is 0 Å². The van der Waals surface area contributed by atoms with Crippen molar-refractivity contribution in [3.8, 4) is 11.8 Å². The lowest BCUT2D eigenvalue weighted by molar-refractivity contribution is 0.357. The van der Waals surface area contributed by atoms with Gasteiger partial charge in [-0.3, -0.25) is 0 Å². The largest absolute Gasteiger partial charge is 0.493 e. The van der Waals surface area contributed by atoms with Gasteiger partial charge in [0.25, 0.3) is 0 Å². The Balaban J connectivity index is 1.60. The molecule has 2 aromatic rings. The number of halogens is 1. The molecule has 0 saturated carbocycles. The van der Waals surface area contributed by atoms with E-state index in [-0.39, 0.29) is 5.56 Å². The van der Waals surface area contributed by atoms with E-state index < -0.39 is 5.82 Å². The van der Waals surface area contributed by atoms with Crippen molar-refractivity contribution in [2.45, 2.75) is 12.8 Å². The highest BCUT2D eigenvalue weighted by Crippen LogP contribution is 2.26. The molecule has 1 N–H and O–H groups in total. The first-order valence-electron chi connectivity index (χ1n) is 6.94. The van der Waals surface area contributed by atoms with E-state index in [1.165, 1.54) is 23.3 Å². The van der Waals surface area contributed by atoms with E-state index in [0.717, 1.165) is 37.4 Å². The second-order valence-electron chi connectivity index (χ2n) is 5.02. The van der Waals surface area contributed by atoms with Crippen LogP contribution in [0.25, 0.3) is 0 Å². The number of fused-ring (bicyclic) bond motifs is 1. The third-order valence-electron chi connectivity index (χ3n) is 3.58. The van der Waals surface area contributed by atoms with Gasteiger partial charge in [-0.1, -0.05) is 12.1 Å². The lowest BCUT2D eigenvalue weighted by Crippen LogP contribution is -2.05. The summed E-state index contributed by atoms with van der Waals surface area (Å²) >= 11 is 0. The molecule has 3 nitrogen and oxygen atoms in total. The van der Waals surface area contributed by atoms with Crippen LogP contribution in [0.5, 0.6) is 5.75 Å². The second-order valence-corrected chi connectivity index (χ2v) is 5.02. The van der Waals surface area contributed by atoms with Crippen molar-refractivity contribution in [2.75, 3.05) is 18.5 Å². The van der Waals surface area contributed by atoms with E-state index in [0.29, 0.717) is 0 Å². The van der Waals surface area contributed by atoms with Crippen molar-refractivity contribution in [2.24, 2.45) is 0 Å².